The zero-order chi connectivity index (χ0) is 24.1. The zero-order valence-corrected chi connectivity index (χ0v) is 20.9. The Kier molecular flexibility index (Phi) is 6.58. The first kappa shape index (κ1) is 24.2. The van der Waals surface area contributed by atoms with Gasteiger partial charge in [-0.2, -0.15) is 0 Å². The number of amides is 1. The van der Waals surface area contributed by atoms with Crippen molar-refractivity contribution in [1.29, 1.82) is 0 Å². The number of aliphatic hydroxyl groups excluding tert-OH is 1. The fourth-order valence-corrected chi connectivity index (χ4v) is 6.95. The van der Waals surface area contributed by atoms with Crippen molar-refractivity contribution in [3.8, 4) is 0 Å². The van der Waals surface area contributed by atoms with Crippen molar-refractivity contribution in [1.82, 2.24) is 14.5 Å². The number of rotatable bonds is 6. The Bertz CT molecular complexity index is 998. The van der Waals surface area contributed by atoms with Crippen molar-refractivity contribution in [3.05, 3.63) is 23.0 Å². The Labute approximate surface area is 201 Å². The number of imidazole rings is 1. The molecule has 0 aromatic carbocycles. The number of thioether (sulfide) groups is 2. The second-order valence-electron chi connectivity index (χ2n) is 9.61. The number of carbonyl (C=O) groups excluding carboxylic acids is 3. The zero-order valence-electron chi connectivity index (χ0n) is 19.3. The summed E-state index contributed by atoms with van der Waals surface area (Å²) in [7, 11) is 0. The maximum Gasteiger partial charge on any atom is 0.358 e. The first-order chi connectivity index (χ1) is 15.5. The molecule has 33 heavy (non-hydrogen) atoms. The number of carbonyl (C=O) groups is 3. The molecule has 1 aromatic heterocycles. The van der Waals surface area contributed by atoms with Crippen molar-refractivity contribution in [3.63, 3.8) is 0 Å². The van der Waals surface area contributed by atoms with E-state index in [1.807, 2.05) is 13.1 Å². The molecule has 9 nitrogen and oxygen atoms in total. The molecule has 1 aromatic rings. The molecule has 180 valence electrons. The molecule has 4 heterocycles. The molecule has 11 heteroatoms. The third-order valence-corrected chi connectivity index (χ3v) is 8.91. The van der Waals surface area contributed by atoms with Crippen molar-refractivity contribution in [2.75, 3.05) is 12.5 Å². The smallest absolute Gasteiger partial charge is 0.358 e. The van der Waals surface area contributed by atoms with Crippen LogP contribution in [0.5, 0.6) is 0 Å². The van der Waals surface area contributed by atoms with E-state index in [2.05, 4.69) is 9.55 Å². The Balaban J connectivity index is 1.54. The van der Waals surface area contributed by atoms with Crippen LogP contribution in [0.4, 0.5) is 0 Å². The van der Waals surface area contributed by atoms with E-state index in [9.17, 15) is 19.5 Å². The molecule has 0 bridgehead atoms. The predicted molar refractivity (Wildman–Crippen MR) is 123 cm³/mol. The van der Waals surface area contributed by atoms with Crippen LogP contribution in [0.25, 0.3) is 0 Å². The molecule has 0 spiro atoms. The lowest BCUT2D eigenvalue weighted by molar-refractivity contribution is -0.175. The van der Waals surface area contributed by atoms with Crippen LogP contribution in [-0.2, 0) is 30.4 Å². The number of nitrogens with zero attached hydrogens (tertiary/aromatic N) is 3. The lowest BCUT2D eigenvalue weighted by Crippen LogP contribution is -2.63. The topological polar surface area (TPSA) is 111 Å². The summed E-state index contributed by atoms with van der Waals surface area (Å²) < 4.78 is 12.4. The van der Waals surface area contributed by atoms with Gasteiger partial charge in [0.15, 0.2) is 5.16 Å². The summed E-state index contributed by atoms with van der Waals surface area (Å²) in [4.78, 5) is 44.5. The summed E-state index contributed by atoms with van der Waals surface area (Å²) in [5, 5.41) is 11.3. The highest BCUT2D eigenvalue weighted by Crippen LogP contribution is 2.52. The number of fused-ring (bicyclic) bond motifs is 2. The Hall–Kier alpha value is -1.98. The lowest BCUT2D eigenvalue weighted by Gasteiger charge is -2.46. The van der Waals surface area contributed by atoms with Gasteiger partial charge in [-0.25, -0.2) is 9.78 Å². The fourth-order valence-electron chi connectivity index (χ4n) is 4.36. The Morgan fingerprint density at radius 1 is 1.36 bits per heavy atom. The summed E-state index contributed by atoms with van der Waals surface area (Å²) >= 11 is 3.23. The Morgan fingerprint density at radius 2 is 2.09 bits per heavy atom. The second kappa shape index (κ2) is 8.99. The summed E-state index contributed by atoms with van der Waals surface area (Å²) in [6, 6.07) is -0.292. The van der Waals surface area contributed by atoms with Crippen LogP contribution < -0.4 is 0 Å². The molecule has 4 rings (SSSR count). The average molecular weight is 496 g/mol. The van der Waals surface area contributed by atoms with Crippen LogP contribution in [0.1, 0.15) is 34.6 Å². The maximum atomic E-state index is 13.1. The van der Waals surface area contributed by atoms with E-state index < -0.39 is 36.2 Å². The molecule has 5 atom stereocenters. The predicted octanol–water partition coefficient (Wildman–Crippen LogP) is 2.25. The van der Waals surface area contributed by atoms with E-state index >= 15 is 0 Å². The highest BCUT2D eigenvalue weighted by atomic mass is 32.2. The number of aromatic nitrogens is 2. The first-order valence-corrected chi connectivity index (χ1v) is 12.8. The van der Waals surface area contributed by atoms with Gasteiger partial charge in [-0.3, -0.25) is 9.59 Å². The van der Waals surface area contributed by atoms with Gasteiger partial charge in [0.25, 0.3) is 0 Å². The molecule has 1 amide bonds. The van der Waals surface area contributed by atoms with E-state index in [-0.39, 0.29) is 28.8 Å². The molecule has 1 N–H and O–H groups in total. The highest BCUT2D eigenvalue weighted by molar-refractivity contribution is 8.05. The Morgan fingerprint density at radius 3 is 2.76 bits per heavy atom. The molecular formula is C22H29N3O6S2. The SMILES string of the molecule is C[C@@H](O)[C@H]1C(=O)N2C(C(=O)OCOC(=O)C(C)(C)C)=C(S[C@@H]3CSc4nccn4C3)[C@H](C)[C@H]12. The van der Waals surface area contributed by atoms with Crippen molar-refractivity contribution >= 4 is 41.4 Å². The summed E-state index contributed by atoms with van der Waals surface area (Å²) in [6.07, 6.45) is 2.89. The fraction of sp³-hybridized carbons (Fsp3) is 0.636. The van der Waals surface area contributed by atoms with Crippen molar-refractivity contribution < 1.29 is 29.0 Å². The molecular weight excluding hydrogens is 466 g/mol. The van der Waals surface area contributed by atoms with E-state index in [1.54, 1.807) is 57.4 Å². The first-order valence-electron chi connectivity index (χ1n) is 10.9. The van der Waals surface area contributed by atoms with Crippen molar-refractivity contribution in [2.24, 2.45) is 17.3 Å². The van der Waals surface area contributed by atoms with Gasteiger partial charge < -0.3 is 24.0 Å². The van der Waals surface area contributed by atoms with Gasteiger partial charge in [0.05, 0.1) is 23.5 Å². The van der Waals surface area contributed by atoms with Crippen molar-refractivity contribution in [2.45, 2.75) is 63.7 Å². The number of esters is 2. The molecule has 1 saturated heterocycles. The quantitative estimate of drug-likeness (QED) is 0.361. The van der Waals surface area contributed by atoms with Crippen LogP contribution in [0.2, 0.25) is 0 Å². The number of hydrogen-bond donors (Lipinski definition) is 1. The monoisotopic (exact) mass is 495 g/mol. The van der Waals surface area contributed by atoms with Gasteiger partial charge in [-0.05, 0) is 27.7 Å². The van der Waals surface area contributed by atoms with E-state index in [1.165, 1.54) is 4.90 Å². The molecule has 1 fully saturated rings. The maximum absolute atomic E-state index is 13.1. The standard InChI is InChI=1S/C22H29N3O6S2/c1-11-15-14(12(2)26)18(27)25(15)16(19(28)30-10-31-20(29)22(3,4)5)17(11)33-13-8-24-7-6-23-21(24)32-9-13/h6-7,11-15,26H,8-10H2,1-5H3/t11-,12-,13+,14-,15-/m1/s1. The van der Waals surface area contributed by atoms with E-state index in [0.29, 0.717) is 0 Å². The van der Waals surface area contributed by atoms with E-state index in [4.69, 9.17) is 9.47 Å². The molecule has 0 unspecified atom stereocenters. The van der Waals surface area contributed by atoms with Gasteiger partial charge >= 0.3 is 11.9 Å². The molecule has 3 aliphatic rings. The van der Waals surface area contributed by atoms with Crippen LogP contribution in [-0.4, -0.2) is 67.3 Å². The molecule has 0 saturated carbocycles. The third kappa shape index (κ3) is 4.42. The summed E-state index contributed by atoms with van der Waals surface area (Å²) in [6.45, 7) is 8.92. The van der Waals surface area contributed by atoms with Gasteiger partial charge in [0, 0.05) is 40.8 Å². The summed E-state index contributed by atoms with van der Waals surface area (Å²) in [5.41, 5.74) is -0.518. The molecule has 0 radical (unpaired) electrons. The number of hydrogen-bond acceptors (Lipinski definition) is 9. The lowest BCUT2D eigenvalue weighted by atomic mass is 9.79. The van der Waals surface area contributed by atoms with Gasteiger partial charge in [-0.1, -0.05) is 18.7 Å². The van der Waals surface area contributed by atoms with Gasteiger partial charge in [0.2, 0.25) is 12.7 Å². The van der Waals surface area contributed by atoms with Gasteiger partial charge in [0.1, 0.15) is 5.70 Å². The average Bonchev–Trinajstić information content (AvgIpc) is 3.28. The largest absolute Gasteiger partial charge is 0.427 e. The minimum atomic E-state index is -0.811. The highest BCUT2D eigenvalue weighted by Gasteiger charge is 2.60. The molecule has 0 aliphatic carbocycles. The summed E-state index contributed by atoms with van der Waals surface area (Å²) in [5.74, 6) is -1.33. The third-order valence-electron chi connectivity index (χ3n) is 6.06. The van der Waals surface area contributed by atoms with Crippen LogP contribution >= 0.6 is 23.5 Å². The number of aliphatic hydroxyl groups is 1. The number of β-lactam (4-membered cyclic amide) rings is 1. The van der Waals surface area contributed by atoms with Crippen LogP contribution in [0, 0.1) is 17.3 Å². The van der Waals surface area contributed by atoms with Gasteiger partial charge in [-0.15, -0.1) is 11.8 Å². The minimum absolute atomic E-state index is 0.124. The normalized spacial score (nSPS) is 27.6. The van der Waals surface area contributed by atoms with Crippen LogP contribution in [0.15, 0.2) is 28.2 Å². The minimum Gasteiger partial charge on any atom is -0.427 e. The number of ether oxygens (including phenoxy) is 2. The second-order valence-corrected chi connectivity index (χ2v) is 11.9. The van der Waals surface area contributed by atoms with E-state index in [0.717, 1.165) is 22.4 Å². The van der Waals surface area contributed by atoms with Crippen LogP contribution in [0.3, 0.4) is 0 Å². The molecule has 3 aliphatic heterocycles.